The van der Waals surface area contributed by atoms with Gasteiger partial charge in [-0.3, -0.25) is 9.59 Å². The predicted molar refractivity (Wildman–Crippen MR) is 76.0 cm³/mol. The third kappa shape index (κ3) is 2.37. The number of pyridine rings is 1. The summed E-state index contributed by atoms with van der Waals surface area (Å²) in [7, 11) is 1.37. The van der Waals surface area contributed by atoms with Gasteiger partial charge in [0.1, 0.15) is 11.3 Å². The largest absolute Gasteiger partial charge is 0.469 e. The zero-order valence-electron chi connectivity index (χ0n) is 12.1. The molecule has 0 N–H and O–H groups in total. The molecule has 0 bridgehead atoms. The normalized spacial score (nSPS) is 18.2. The van der Waals surface area contributed by atoms with E-state index in [9.17, 15) is 9.59 Å². The Morgan fingerprint density at radius 1 is 1.38 bits per heavy atom. The van der Waals surface area contributed by atoms with Gasteiger partial charge in [0.2, 0.25) is 0 Å². The quantitative estimate of drug-likeness (QED) is 0.780. The molecule has 6 heteroatoms. The highest BCUT2D eigenvalue weighted by atomic mass is 16.5. The number of esters is 1. The van der Waals surface area contributed by atoms with Crippen LogP contribution in [-0.2, 0) is 9.53 Å². The summed E-state index contributed by atoms with van der Waals surface area (Å²) in [5.74, 6) is -0.613. The minimum absolute atomic E-state index is 0.135. The Morgan fingerprint density at radius 2 is 2.19 bits per heavy atom. The van der Waals surface area contributed by atoms with E-state index >= 15 is 0 Å². The summed E-state index contributed by atoms with van der Waals surface area (Å²) < 4.78 is 6.62. The van der Waals surface area contributed by atoms with Crippen molar-refractivity contribution in [1.82, 2.24) is 14.3 Å². The van der Waals surface area contributed by atoms with E-state index in [2.05, 4.69) is 4.98 Å². The number of aryl methyl sites for hydroxylation is 1. The number of hydrogen-bond acceptors (Lipinski definition) is 4. The second-order valence-corrected chi connectivity index (χ2v) is 5.28. The number of amides is 1. The van der Waals surface area contributed by atoms with Crippen LogP contribution in [0.4, 0.5) is 0 Å². The zero-order chi connectivity index (χ0) is 15.0. The second-order valence-electron chi connectivity index (χ2n) is 5.28. The second kappa shape index (κ2) is 5.20. The Balaban J connectivity index is 1.81. The van der Waals surface area contributed by atoms with E-state index in [1.165, 1.54) is 7.11 Å². The highest BCUT2D eigenvalue weighted by molar-refractivity contribution is 5.93. The molecule has 6 nitrogen and oxygen atoms in total. The van der Waals surface area contributed by atoms with E-state index in [0.717, 1.165) is 11.3 Å². The molecule has 21 heavy (non-hydrogen) atoms. The molecule has 1 fully saturated rings. The minimum Gasteiger partial charge on any atom is -0.469 e. The summed E-state index contributed by atoms with van der Waals surface area (Å²) in [6.07, 6.45) is 2.39. The number of imidazole rings is 1. The number of nitrogens with zero attached hydrogens (tertiary/aromatic N) is 3. The third-order valence-electron chi connectivity index (χ3n) is 3.93. The van der Waals surface area contributed by atoms with Crippen molar-refractivity contribution in [1.29, 1.82) is 0 Å². The van der Waals surface area contributed by atoms with Gasteiger partial charge in [-0.05, 0) is 25.5 Å². The van der Waals surface area contributed by atoms with Gasteiger partial charge in [0, 0.05) is 25.0 Å². The van der Waals surface area contributed by atoms with Crippen molar-refractivity contribution in [2.24, 2.45) is 5.92 Å². The van der Waals surface area contributed by atoms with Crippen LogP contribution in [0.15, 0.2) is 24.4 Å². The van der Waals surface area contributed by atoms with Crippen molar-refractivity contribution in [3.63, 3.8) is 0 Å². The number of aromatic nitrogens is 2. The lowest BCUT2D eigenvalue weighted by atomic mass is 10.1. The average molecular weight is 287 g/mol. The molecule has 0 saturated carbocycles. The number of hydrogen-bond donors (Lipinski definition) is 0. The number of ether oxygens (including phenoxy) is 1. The summed E-state index contributed by atoms with van der Waals surface area (Å²) >= 11 is 0. The fraction of sp³-hybridized carbons (Fsp3) is 0.400. The lowest BCUT2D eigenvalue weighted by molar-refractivity contribution is -0.144. The van der Waals surface area contributed by atoms with Crippen LogP contribution in [0.25, 0.3) is 5.65 Å². The van der Waals surface area contributed by atoms with Gasteiger partial charge in [0.15, 0.2) is 0 Å². The van der Waals surface area contributed by atoms with Crippen LogP contribution in [0.1, 0.15) is 22.6 Å². The topological polar surface area (TPSA) is 63.9 Å². The smallest absolute Gasteiger partial charge is 0.310 e. The van der Waals surface area contributed by atoms with E-state index in [1.807, 2.05) is 29.5 Å². The number of rotatable bonds is 2. The number of fused-ring (bicyclic) bond motifs is 1. The Labute approximate surface area is 122 Å². The summed E-state index contributed by atoms with van der Waals surface area (Å²) in [5.41, 5.74) is 2.18. The molecule has 1 saturated heterocycles. The number of carbonyl (C=O) groups is 2. The first-order valence-corrected chi connectivity index (χ1v) is 6.92. The van der Waals surface area contributed by atoms with Crippen molar-refractivity contribution >= 4 is 17.5 Å². The summed E-state index contributed by atoms with van der Waals surface area (Å²) in [6, 6.07) is 5.74. The van der Waals surface area contributed by atoms with Crippen LogP contribution in [-0.4, -0.2) is 46.4 Å². The van der Waals surface area contributed by atoms with Crippen LogP contribution in [0.3, 0.4) is 0 Å². The van der Waals surface area contributed by atoms with Gasteiger partial charge in [-0.15, -0.1) is 0 Å². The maximum atomic E-state index is 12.5. The summed E-state index contributed by atoms with van der Waals surface area (Å²) in [5, 5.41) is 0. The van der Waals surface area contributed by atoms with E-state index in [-0.39, 0.29) is 17.8 Å². The van der Waals surface area contributed by atoms with Gasteiger partial charge in [-0.1, -0.05) is 6.07 Å². The van der Waals surface area contributed by atoms with Crippen molar-refractivity contribution in [2.75, 3.05) is 20.2 Å². The molecule has 1 amide bonds. The fourth-order valence-electron chi connectivity index (χ4n) is 2.72. The lowest BCUT2D eigenvalue weighted by Crippen LogP contribution is -2.30. The maximum Gasteiger partial charge on any atom is 0.310 e. The molecule has 0 radical (unpaired) electrons. The SMILES string of the molecule is COC(=O)C1CCN(C(=O)c2cn3c(C)cccc3n2)C1. The summed E-state index contributed by atoms with van der Waals surface area (Å²) in [6.45, 7) is 2.93. The van der Waals surface area contributed by atoms with Crippen LogP contribution >= 0.6 is 0 Å². The Bertz CT molecular complexity index is 707. The molecule has 0 aromatic carbocycles. The Morgan fingerprint density at radius 3 is 2.90 bits per heavy atom. The molecule has 2 aromatic rings. The molecule has 3 heterocycles. The van der Waals surface area contributed by atoms with Gasteiger partial charge >= 0.3 is 5.97 Å². The molecule has 110 valence electrons. The van der Waals surface area contributed by atoms with Crippen LogP contribution in [0, 0.1) is 12.8 Å². The van der Waals surface area contributed by atoms with Crippen molar-refractivity contribution in [3.05, 3.63) is 35.8 Å². The Hall–Kier alpha value is -2.37. The van der Waals surface area contributed by atoms with Crippen LogP contribution < -0.4 is 0 Å². The predicted octanol–water partition coefficient (Wildman–Crippen LogP) is 1.28. The van der Waals surface area contributed by atoms with Gasteiger partial charge < -0.3 is 14.0 Å². The molecule has 3 rings (SSSR count). The minimum atomic E-state index is -0.254. The van der Waals surface area contributed by atoms with E-state index < -0.39 is 0 Å². The van der Waals surface area contributed by atoms with Crippen LogP contribution in [0.5, 0.6) is 0 Å². The van der Waals surface area contributed by atoms with Crippen LogP contribution in [0.2, 0.25) is 0 Å². The summed E-state index contributed by atoms with van der Waals surface area (Å²) in [4.78, 5) is 30.0. The van der Waals surface area contributed by atoms with Crippen molar-refractivity contribution in [2.45, 2.75) is 13.3 Å². The molecule has 2 aromatic heterocycles. The molecule has 0 aliphatic carbocycles. The van der Waals surface area contributed by atoms with Gasteiger partial charge in [0.25, 0.3) is 5.91 Å². The lowest BCUT2D eigenvalue weighted by Gasteiger charge is -2.14. The number of methoxy groups -OCH3 is 1. The zero-order valence-corrected chi connectivity index (χ0v) is 12.1. The highest BCUT2D eigenvalue weighted by Gasteiger charge is 2.32. The first-order valence-electron chi connectivity index (χ1n) is 6.92. The molecule has 0 spiro atoms. The first-order chi connectivity index (χ1) is 10.1. The maximum absolute atomic E-state index is 12.5. The molecule has 1 unspecified atom stereocenters. The fourth-order valence-corrected chi connectivity index (χ4v) is 2.72. The van der Waals surface area contributed by atoms with E-state index in [0.29, 0.717) is 25.2 Å². The molecule has 1 atom stereocenters. The monoisotopic (exact) mass is 287 g/mol. The first kappa shape index (κ1) is 13.6. The van der Waals surface area contributed by atoms with Gasteiger partial charge in [-0.25, -0.2) is 4.98 Å². The van der Waals surface area contributed by atoms with Gasteiger partial charge in [-0.2, -0.15) is 0 Å². The molecular weight excluding hydrogens is 270 g/mol. The molecule has 1 aliphatic heterocycles. The van der Waals surface area contributed by atoms with E-state index in [4.69, 9.17) is 4.74 Å². The third-order valence-corrected chi connectivity index (χ3v) is 3.93. The molecule has 1 aliphatic rings. The van der Waals surface area contributed by atoms with Crippen molar-refractivity contribution in [3.8, 4) is 0 Å². The standard InChI is InChI=1S/C15H17N3O3/c1-10-4-3-5-13-16-12(9-18(10)13)14(19)17-7-6-11(8-17)15(20)21-2/h3-5,9,11H,6-8H2,1-2H3. The Kier molecular flexibility index (Phi) is 3.37. The van der Waals surface area contributed by atoms with Gasteiger partial charge in [0.05, 0.1) is 13.0 Å². The van der Waals surface area contributed by atoms with E-state index in [1.54, 1.807) is 11.1 Å². The molecular formula is C15H17N3O3. The average Bonchev–Trinajstić information content (AvgIpc) is 3.13. The number of likely N-dealkylation sites (tertiary alicyclic amines) is 1. The number of carbonyl (C=O) groups excluding carboxylic acids is 2. The van der Waals surface area contributed by atoms with Crippen molar-refractivity contribution < 1.29 is 14.3 Å². The highest BCUT2D eigenvalue weighted by Crippen LogP contribution is 2.20.